The molecule has 11 heteroatoms. The van der Waals surface area contributed by atoms with Crippen LogP contribution in [0.2, 0.25) is 0 Å². The lowest BCUT2D eigenvalue weighted by Crippen LogP contribution is -2.32. The molecule has 2 N–H and O–H groups in total. The second-order valence-electron chi connectivity index (χ2n) is 5.68. The van der Waals surface area contributed by atoms with Crippen molar-refractivity contribution in [1.29, 1.82) is 0 Å². The third-order valence-electron chi connectivity index (χ3n) is 3.56. The van der Waals surface area contributed by atoms with Crippen LogP contribution in [0.15, 0.2) is 39.9 Å². The van der Waals surface area contributed by atoms with Crippen LogP contribution < -0.4 is 19.5 Å². The number of ether oxygens (including phenoxy) is 3. The minimum atomic E-state index is -3.77. The van der Waals surface area contributed by atoms with Crippen molar-refractivity contribution in [1.82, 2.24) is 4.72 Å². The first-order valence-electron chi connectivity index (χ1n) is 8.32. The molecule has 0 unspecified atom stereocenters. The van der Waals surface area contributed by atoms with Crippen LogP contribution in [-0.2, 0) is 24.3 Å². The van der Waals surface area contributed by atoms with E-state index in [4.69, 9.17) is 14.2 Å². The maximum Gasteiger partial charge on any atom is 0.321 e. The van der Waals surface area contributed by atoms with Gasteiger partial charge in [-0.2, -0.15) is 4.72 Å². The molecule has 0 atom stereocenters. The van der Waals surface area contributed by atoms with E-state index in [9.17, 15) is 18.0 Å². The molecule has 1 aliphatic heterocycles. The topological polar surface area (TPSA) is 120 Å². The number of sulfonamides is 1. The van der Waals surface area contributed by atoms with Gasteiger partial charge in [0.25, 0.3) is 15.9 Å². The highest BCUT2D eigenvalue weighted by Gasteiger charge is 2.18. The molecule has 9 nitrogen and oxygen atoms in total. The number of fused-ring (bicyclic) bond motifs is 1. The molecule has 0 radical (unpaired) electrons. The quantitative estimate of drug-likeness (QED) is 0.642. The van der Waals surface area contributed by atoms with Crippen LogP contribution in [0.1, 0.15) is 6.42 Å². The molecule has 28 heavy (non-hydrogen) atoms. The maximum atomic E-state index is 11.9. The highest BCUT2D eigenvalue weighted by Crippen LogP contribution is 2.32. The van der Waals surface area contributed by atoms with E-state index in [0.29, 0.717) is 30.4 Å². The lowest BCUT2D eigenvalue weighted by atomic mass is 10.2. The first-order chi connectivity index (χ1) is 13.4. The van der Waals surface area contributed by atoms with Crippen LogP contribution in [0, 0.1) is 0 Å². The van der Waals surface area contributed by atoms with Crippen molar-refractivity contribution in [3.8, 4) is 11.5 Å². The van der Waals surface area contributed by atoms with Crippen molar-refractivity contribution in [3.05, 3.63) is 35.7 Å². The fourth-order valence-corrected chi connectivity index (χ4v) is 4.28. The normalized spacial score (nSPS) is 13.4. The Kier molecular flexibility index (Phi) is 6.49. The third-order valence-corrected chi connectivity index (χ3v) is 6.36. The molecule has 3 rings (SSSR count). The summed E-state index contributed by atoms with van der Waals surface area (Å²) < 4.78 is 41.9. The second-order valence-corrected chi connectivity index (χ2v) is 8.62. The van der Waals surface area contributed by atoms with Gasteiger partial charge in [0.2, 0.25) is 0 Å². The Morgan fingerprint density at radius 1 is 1.14 bits per heavy atom. The monoisotopic (exact) mass is 426 g/mol. The van der Waals surface area contributed by atoms with E-state index >= 15 is 0 Å². The molecule has 1 aromatic carbocycles. The van der Waals surface area contributed by atoms with Gasteiger partial charge in [-0.25, -0.2) is 8.42 Å². The molecular weight excluding hydrogens is 408 g/mol. The van der Waals surface area contributed by atoms with Crippen LogP contribution >= 0.6 is 11.3 Å². The van der Waals surface area contributed by atoms with E-state index in [2.05, 4.69) is 10.0 Å². The Balaban J connectivity index is 1.45. The molecule has 2 aromatic rings. The van der Waals surface area contributed by atoms with Gasteiger partial charge < -0.3 is 19.5 Å². The first-order valence-corrected chi connectivity index (χ1v) is 10.7. The van der Waals surface area contributed by atoms with E-state index in [1.807, 2.05) is 0 Å². The Morgan fingerprint density at radius 3 is 2.68 bits per heavy atom. The Bertz CT molecular complexity index is 942. The number of nitrogens with one attached hydrogen (secondary N) is 2. The number of benzene rings is 1. The molecule has 1 aromatic heterocycles. The minimum Gasteiger partial charge on any atom is -0.490 e. The van der Waals surface area contributed by atoms with Gasteiger partial charge >= 0.3 is 5.97 Å². The standard InChI is InChI=1S/C17H18N2O7S2/c20-15(19-12-4-5-13-14(9-12)25-7-2-6-24-13)11-26-16(21)10-18-28(22,23)17-3-1-8-27-17/h1,3-5,8-9,18H,2,6-7,10-11H2,(H,19,20). The average molecular weight is 426 g/mol. The summed E-state index contributed by atoms with van der Waals surface area (Å²) in [6.45, 7) is -0.0418. The van der Waals surface area contributed by atoms with Crippen LogP contribution in [0.5, 0.6) is 11.5 Å². The summed E-state index contributed by atoms with van der Waals surface area (Å²) in [6.07, 6.45) is 0.766. The number of thiophene rings is 1. The SMILES string of the molecule is O=C(COC(=O)CNS(=O)(=O)c1cccs1)Nc1ccc2c(c1)OCCCO2. The van der Waals surface area contributed by atoms with Gasteiger partial charge in [0.05, 0.1) is 13.2 Å². The predicted molar refractivity (Wildman–Crippen MR) is 101 cm³/mol. The fraction of sp³-hybridized carbons (Fsp3) is 0.294. The molecule has 2 heterocycles. The molecule has 0 saturated heterocycles. The van der Waals surface area contributed by atoms with Crippen molar-refractivity contribution in [2.75, 3.05) is 31.7 Å². The zero-order chi connectivity index (χ0) is 20.0. The van der Waals surface area contributed by atoms with Crippen molar-refractivity contribution in [2.24, 2.45) is 0 Å². The van der Waals surface area contributed by atoms with Crippen molar-refractivity contribution < 1.29 is 32.2 Å². The van der Waals surface area contributed by atoms with Gasteiger partial charge in [-0.05, 0) is 23.6 Å². The summed E-state index contributed by atoms with van der Waals surface area (Å²) in [4.78, 5) is 23.6. The summed E-state index contributed by atoms with van der Waals surface area (Å²) in [5, 5.41) is 4.18. The van der Waals surface area contributed by atoms with Crippen LogP contribution in [0.4, 0.5) is 5.69 Å². The van der Waals surface area contributed by atoms with Gasteiger partial charge in [0, 0.05) is 18.2 Å². The number of carbonyl (C=O) groups excluding carboxylic acids is 2. The van der Waals surface area contributed by atoms with Gasteiger partial charge in [-0.15, -0.1) is 11.3 Å². The minimum absolute atomic E-state index is 0.0902. The Morgan fingerprint density at radius 2 is 1.93 bits per heavy atom. The molecule has 1 aliphatic rings. The lowest BCUT2D eigenvalue weighted by molar-refractivity contribution is -0.146. The number of hydrogen-bond acceptors (Lipinski definition) is 8. The number of amides is 1. The van der Waals surface area contributed by atoms with Crippen LogP contribution in [0.25, 0.3) is 0 Å². The summed E-state index contributed by atoms with van der Waals surface area (Å²) >= 11 is 1.03. The first kappa shape index (κ1) is 20.1. The summed E-state index contributed by atoms with van der Waals surface area (Å²) in [6, 6.07) is 7.95. The van der Waals surface area contributed by atoms with E-state index in [1.54, 1.807) is 29.6 Å². The van der Waals surface area contributed by atoms with E-state index < -0.39 is 35.1 Å². The second kappa shape index (κ2) is 9.04. The molecule has 0 fully saturated rings. The largest absolute Gasteiger partial charge is 0.490 e. The van der Waals surface area contributed by atoms with Gasteiger partial charge in [-0.1, -0.05) is 6.07 Å². The van der Waals surface area contributed by atoms with Gasteiger partial charge in [-0.3, -0.25) is 9.59 Å². The number of anilines is 1. The van der Waals surface area contributed by atoms with E-state index in [0.717, 1.165) is 17.8 Å². The van der Waals surface area contributed by atoms with Crippen molar-refractivity contribution in [2.45, 2.75) is 10.6 Å². The number of carbonyl (C=O) groups is 2. The van der Waals surface area contributed by atoms with Gasteiger partial charge in [0.1, 0.15) is 10.8 Å². The highest BCUT2D eigenvalue weighted by atomic mass is 32.2. The molecule has 1 amide bonds. The maximum absolute atomic E-state index is 11.9. The van der Waals surface area contributed by atoms with Crippen molar-refractivity contribution >= 4 is 38.9 Å². The summed E-state index contributed by atoms with van der Waals surface area (Å²) in [5.74, 6) is -0.312. The number of rotatable bonds is 7. The van der Waals surface area contributed by atoms with E-state index in [1.165, 1.54) is 6.07 Å². The molecule has 150 valence electrons. The zero-order valence-electron chi connectivity index (χ0n) is 14.7. The predicted octanol–water partition coefficient (Wildman–Crippen LogP) is 1.37. The molecular formula is C17H18N2O7S2. The molecule has 0 spiro atoms. The zero-order valence-corrected chi connectivity index (χ0v) is 16.3. The van der Waals surface area contributed by atoms with Gasteiger partial charge in [0.15, 0.2) is 18.1 Å². The molecule has 0 aliphatic carbocycles. The number of hydrogen-bond donors (Lipinski definition) is 2. The van der Waals surface area contributed by atoms with Crippen molar-refractivity contribution in [3.63, 3.8) is 0 Å². The smallest absolute Gasteiger partial charge is 0.321 e. The third kappa shape index (κ3) is 5.44. The average Bonchev–Trinajstić information content (AvgIpc) is 3.12. The fourth-order valence-electron chi connectivity index (χ4n) is 2.28. The van der Waals surface area contributed by atoms with Crippen LogP contribution in [0.3, 0.4) is 0 Å². The molecule has 0 saturated carbocycles. The Labute approximate surface area is 165 Å². The summed E-state index contributed by atoms with van der Waals surface area (Å²) in [7, 11) is -3.77. The number of esters is 1. The van der Waals surface area contributed by atoms with Crippen LogP contribution in [-0.4, -0.2) is 46.7 Å². The Hall–Kier alpha value is -2.63. The van der Waals surface area contributed by atoms with E-state index in [-0.39, 0.29) is 4.21 Å². The molecule has 0 bridgehead atoms. The lowest BCUT2D eigenvalue weighted by Gasteiger charge is -2.11. The summed E-state index contributed by atoms with van der Waals surface area (Å²) in [5.41, 5.74) is 0.462. The highest BCUT2D eigenvalue weighted by molar-refractivity contribution is 7.91.